The van der Waals surface area contributed by atoms with Crippen molar-refractivity contribution in [2.75, 3.05) is 11.5 Å². The van der Waals surface area contributed by atoms with Crippen molar-refractivity contribution in [1.82, 2.24) is 15.5 Å². The van der Waals surface area contributed by atoms with E-state index in [0.717, 1.165) is 0 Å². The molecular formula is C27H22F2N4O3. The number of hydrogen-bond donors (Lipinski definition) is 1. The molecule has 1 aliphatic rings. The topological polar surface area (TPSA) is 80.5 Å². The summed E-state index contributed by atoms with van der Waals surface area (Å²) in [5.74, 6) is 0.266. The fraction of sp³-hybridized carbons (Fsp3) is 0.148. The highest BCUT2D eigenvalue weighted by Gasteiger charge is 2.36. The number of nitrogens with one attached hydrogen (secondary N) is 1. The van der Waals surface area contributed by atoms with Gasteiger partial charge in [0.1, 0.15) is 17.4 Å². The molecule has 36 heavy (non-hydrogen) atoms. The van der Waals surface area contributed by atoms with Crippen molar-refractivity contribution in [3.8, 4) is 17.1 Å². The number of halogens is 2. The van der Waals surface area contributed by atoms with E-state index >= 15 is 0 Å². The molecule has 0 saturated heterocycles. The summed E-state index contributed by atoms with van der Waals surface area (Å²) in [7, 11) is 0. The fourth-order valence-electron chi connectivity index (χ4n) is 4.17. The van der Waals surface area contributed by atoms with E-state index in [2.05, 4.69) is 15.5 Å². The van der Waals surface area contributed by atoms with Gasteiger partial charge in [0, 0.05) is 11.3 Å². The van der Waals surface area contributed by atoms with Crippen LogP contribution in [0.5, 0.6) is 5.75 Å². The second-order valence-corrected chi connectivity index (χ2v) is 8.13. The zero-order chi connectivity index (χ0) is 25.2. The van der Waals surface area contributed by atoms with Gasteiger partial charge in [-0.05, 0) is 80.1 Å². The maximum absolute atomic E-state index is 14.1. The minimum Gasteiger partial charge on any atom is -0.494 e. The average Bonchev–Trinajstić information content (AvgIpc) is 3.35. The molecular weight excluding hydrogens is 466 g/mol. The number of rotatable bonds is 6. The Bertz CT molecular complexity index is 1430. The summed E-state index contributed by atoms with van der Waals surface area (Å²) in [6, 6.07) is 17.6. The van der Waals surface area contributed by atoms with E-state index in [-0.39, 0.29) is 17.5 Å². The van der Waals surface area contributed by atoms with Gasteiger partial charge in [0.2, 0.25) is 5.82 Å². The predicted molar refractivity (Wildman–Crippen MR) is 130 cm³/mol. The quantitative estimate of drug-likeness (QED) is 0.354. The Labute approximate surface area is 206 Å². The Morgan fingerprint density at radius 2 is 1.78 bits per heavy atom. The molecule has 1 N–H and O–H groups in total. The first kappa shape index (κ1) is 23.2. The van der Waals surface area contributed by atoms with Crippen LogP contribution in [-0.2, 0) is 0 Å². The maximum Gasteiger partial charge on any atom is 0.326 e. The van der Waals surface area contributed by atoms with Gasteiger partial charge in [0.25, 0.3) is 5.89 Å². The summed E-state index contributed by atoms with van der Waals surface area (Å²) in [6.07, 6.45) is 0. The smallest absolute Gasteiger partial charge is 0.326 e. The molecule has 2 amide bonds. The van der Waals surface area contributed by atoms with Crippen molar-refractivity contribution in [2.45, 2.75) is 19.9 Å². The number of anilines is 1. The molecule has 4 aromatic rings. The minimum absolute atomic E-state index is 0.150. The molecule has 1 aromatic heterocycles. The van der Waals surface area contributed by atoms with Crippen LogP contribution in [0.1, 0.15) is 31.3 Å². The third kappa shape index (κ3) is 4.43. The zero-order valence-corrected chi connectivity index (χ0v) is 19.5. The lowest BCUT2D eigenvalue weighted by atomic mass is 9.94. The molecule has 1 atom stereocenters. The van der Waals surface area contributed by atoms with E-state index < -0.39 is 17.9 Å². The Balaban J connectivity index is 1.62. The Morgan fingerprint density at radius 3 is 2.47 bits per heavy atom. The monoisotopic (exact) mass is 488 g/mol. The van der Waals surface area contributed by atoms with Crippen molar-refractivity contribution < 1.29 is 22.8 Å². The van der Waals surface area contributed by atoms with Gasteiger partial charge in [-0.25, -0.2) is 13.6 Å². The summed E-state index contributed by atoms with van der Waals surface area (Å²) < 4.78 is 38.6. The first-order valence-corrected chi connectivity index (χ1v) is 11.3. The van der Waals surface area contributed by atoms with E-state index in [1.165, 1.54) is 29.2 Å². The molecule has 1 unspecified atom stereocenters. The number of urea groups is 1. The number of hydrogen-bond acceptors (Lipinski definition) is 5. The molecule has 0 radical (unpaired) electrons. The average molecular weight is 488 g/mol. The third-order valence-electron chi connectivity index (χ3n) is 5.83. The van der Waals surface area contributed by atoms with Gasteiger partial charge in [0.15, 0.2) is 0 Å². The van der Waals surface area contributed by atoms with Crippen LogP contribution >= 0.6 is 0 Å². The summed E-state index contributed by atoms with van der Waals surface area (Å²) >= 11 is 0. The standard InChI is InChI=1S/C27H22F2N4O3/c1-3-35-22-13-11-21(12-14-22)33-16(2)23(24(30-27(33)34)18-5-4-6-20(29)15-18)26-31-25(32-36-26)17-7-9-19(28)10-8-17/h4-15,24H,3H2,1-2H3,(H,30,34). The lowest BCUT2D eigenvalue weighted by molar-refractivity contribution is 0.244. The van der Waals surface area contributed by atoms with Crippen LogP contribution in [0.3, 0.4) is 0 Å². The molecule has 5 rings (SSSR count). The highest BCUT2D eigenvalue weighted by atomic mass is 19.1. The molecule has 0 fully saturated rings. The molecule has 0 bridgehead atoms. The van der Waals surface area contributed by atoms with Crippen LogP contribution in [0, 0.1) is 11.6 Å². The number of allylic oxidation sites excluding steroid dienone is 1. The van der Waals surface area contributed by atoms with E-state index in [0.29, 0.717) is 40.4 Å². The van der Waals surface area contributed by atoms with Crippen molar-refractivity contribution in [1.29, 1.82) is 0 Å². The van der Waals surface area contributed by atoms with Crippen LogP contribution in [-0.4, -0.2) is 22.8 Å². The molecule has 0 spiro atoms. The first-order valence-electron chi connectivity index (χ1n) is 11.3. The Kier molecular flexibility index (Phi) is 6.20. The normalized spacial score (nSPS) is 15.7. The molecule has 9 heteroatoms. The van der Waals surface area contributed by atoms with Gasteiger partial charge in [-0.1, -0.05) is 17.3 Å². The minimum atomic E-state index is -0.742. The lowest BCUT2D eigenvalue weighted by Crippen LogP contribution is -2.46. The molecule has 7 nitrogen and oxygen atoms in total. The molecule has 0 aliphatic carbocycles. The van der Waals surface area contributed by atoms with E-state index in [9.17, 15) is 13.6 Å². The van der Waals surface area contributed by atoms with Gasteiger partial charge >= 0.3 is 6.03 Å². The first-order chi connectivity index (χ1) is 17.4. The number of benzene rings is 3. The number of nitrogens with zero attached hydrogens (tertiary/aromatic N) is 3. The van der Waals surface area contributed by atoms with Crippen molar-refractivity contribution >= 4 is 17.3 Å². The number of amides is 2. The molecule has 3 aromatic carbocycles. The van der Waals surface area contributed by atoms with Gasteiger partial charge in [-0.15, -0.1) is 0 Å². The fourth-order valence-corrected chi connectivity index (χ4v) is 4.17. The largest absolute Gasteiger partial charge is 0.494 e. The Morgan fingerprint density at radius 1 is 1.03 bits per heavy atom. The summed E-state index contributed by atoms with van der Waals surface area (Å²) in [6.45, 7) is 4.18. The predicted octanol–water partition coefficient (Wildman–Crippen LogP) is 6.12. The SMILES string of the molecule is CCOc1ccc(N2C(=O)NC(c3cccc(F)c3)C(c3nc(-c4ccc(F)cc4)no3)=C2C)cc1. The number of carbonyl (C=O) groups excluding carboxylic acids is 1. The van der Waals surface area contributed by atoms with E-state index in [1.54, 1.807) is 55.5 Å². The van der Waals surface area contributed by atoms with Crippen molar-refractivity contribution in [2.24, 2.45) is 0 Å². The van der Waals surface area contributed by atoms with Gasteiger partial charge in [-0.3, -0.25) is 4.90 Å². The van der Waals surface area contributed by atoms with Crippen molar-refractivity contribution in [3.63, 3.8) is 0 Å². The molecule has 1 aliphatic heterocycles. The zero-order valence-electron chi connectivity index (χ0n) is 19.5. The summed E-state index contributed by atoms with van der Waals surface area (Å²) in [5, 5.41) is 6.99. The van der Waals surface area contributed by atoms with E-state index in [1.807, 2.05) is 6.92 Å². The Hall–Kier alpha value is -4.53. The van der Waals surface area contributed by atoms with Crippen LogP contribution < -0.4 is 15.0 Å². The maximum atomic E-state index is 14.1. The molecule has 182 valence electrons. The van der Waals surface area contributed by atoms with Crippen LogP contribution in [0.25, 0.3) is 17.0 Å². The number of aromatic nitrogens is 2. The van der Waals surface area contributed by atoms with Gasteiger partial charge < -0.3 is 14.6 Å². The summed E-state index contributed by atoms with van der Waals surface area (Å²) in [4.78, 5) is 19.3. The van der Waals surface area contributed by atoms with Crippen LogP contribution in [0.2, 0.25) is 0 Å². The van der Waals surface area contributed by atoms with Crippen LogP contribution in [0.15, 0.2) is 83.0 Å². The third-order valence-corrected chi connectivity index (χ3v) is 5.83. The second-order valence-electron chi connectivity index (χ2n) is 8.13. The lowest BCUT2D eigenvalue weighted by Gasteiger charge is -2.35. The highest BCUT2D eigenvalue weighted by molar-refractivity contribution is 6.01. The second kappa shape index (κ2) is 9.61. The van der Waals surface area contributed by atoms with Gasteiger partial charge in [0.05, 0.1) is 23.9 Å². The van der Waals surface area contributed by atoms with Gasteiger partial charge in [-0.2, -0.15) is 4.98 Å². The highest BCUT2D eigenvalue weighted by Crippen LogP contribution is 2.39. The number of ether oxygens (including phenoxy) is 1. The molecule has 0 saturated carbocycles. The summed E-state index contributed by atoms with van der Waals surface area (Å²) in [5.41, 5.74) is 2.73. The van der Waals surface area contributed by atoms with Crippen LogP contribution in [0.4, 0.5) is 19.3 Å². The number of carbonyl (C=O) groups is 1. The van der Waals surface area contributed by atoms with Crippen molar-refractivity contribution in [3.05, 3.63) is 102 Å². The van der Waals surface area contributed by atoms with E-state index in [4.69, 9.17) is 9.26 Å². The molecule has 2 heterocycles.